The number of carbonyl (C=O) groups excluding carboxylic acids is 1. The molecule has 1 aromatic carbocycles. The van der Waals surface area contributed by atoms with Gasteiger partial charge in [-0.3, -0.25) is 14.8 Å². The number of carbonyl (C=O) groups is 1. The molecule has 1 atom stereocenters. The monoisotopic (exact) mass is 339 g/mol. The van der Waals surface area contributed by atoms with E-state index in [4.69, 9.17) is 0 Å². The number of hydrogen-bond donors (Lipinski definition) is 1. The van der Waals surface area contributed by atoms with Crippen LogP contribution in [0.2, 0.25) is 0 Å². The van der Waals surface area contributed by atoms with Crippen LogP contribution in [0.15, 0.2) is 29.9 Å². The number of rotatable bonds is 4. The number of pyridine rings is 1. The van der Waals surface area contributed by atoms with Gasteiger partial charge in [-0.05, 0) is 45.4 Å². The van der Waals surface area contributed by atoms with Crippen LogP contribution in [-0.4, -0.2) is 21.9 Å². The Morgan fingerprint density at radius 3 is 2.75 bits per heavy atom. The summed E-state index contributed by atoms with van der Waals surface area (Å²) in [5, 5.41) is 4.02. The maximum absolute atomic E-state index is 12.8. The maximum Gasteiger partial charge on any atom is 0.252 e. The van der Waals surface area contributed by atoms with Crippen molar-refractivity contribution in [1.82, 2.24) is 15.3 Å². The van der Waals surface area contributed by atoms with E-state index < -0.39 is 0 Å². The fourth-order valence-corrected chi connectivity index (χ4v) is 3.72. The van der Waals surface area contributed by atoms with Crippen molar-refractivity contribution in [3.05, 3.63) is 57.2 Å². The molecule has 3 rings (SSSR count). The molecule has 2 aromatic heterocycles. The number of amides is 1. The third-order valence-corrected chi connectivity index (χ3v) is 4.79. The normalized spacial score (nSPS) is 12.3. The van der Waals surface area contributed by atoms with Gasteiger partial charge in [0.1, 0.15) is 0 Å². The van der Waals surface area contributed by atoms with Crippen molar-refractivity contribution in [3.63, 3.8) is 0 Å². The summed E-state index contributed by atoms with van der Waals surface area (Å²) in [6.45, 7) is 8.02. The van der Waals surface area contributed by atoms with E-state index in [9.17, 15) is 4.79 Å². The Kier molecular flexibility index (Phi) is 4.62. The van der Waals surface area contributed by atoms with Gasteiger partial charge in [0.15, 0.2) is 0 Å². The van der Waals surface area contributed by atoms with Gasteiger partial charge in [-0.1, -0.05) is 11.6 Å². The second-order valence-electron chi connectivity index (χ2n) is 6.34. The Bertz CT molecular complexity index is 887. The summed E-state index contributed by atoms with van der Waals surface area (Å²) < 4.78 is 0. The number of nitrogens with zero attached hydrogens (tertiary/aromatic N) is 2. The molecule has 0 spiro atoms. The lowest BCUT2D eigenvalue weighted by atomic mass is 10.0. The highest BCUT2D eigenvalue weighted by Gasteiger charge is 2.16. The molecule has 0 fully saturated rings. The lowest BCUT2D eigenvalue weighted by Gasteiger charge is -2.15. The van der Waals surface area contributed by atoms with Gasteiger partial charge < -0.3 is 5.32 Å². The Balaban J connectivity index is 1.91. The molecule has 5 heteroatoms. The van der Waals surface area contributed by atoms with E-state index in [0.717, 1.165) is 34.1 Å². The number of nitrogens with one attached hydrogen (secondary N) is 1. The second-order valence-corrected chi connectivity index (χ2v) is 7.31. The van der Waals surface area contributed by atoms with Crippen LogP contribution in [0.4, 0.5) is 0 Å². The van der Waals surface area contributed by atoms with Gasteiger partial charge in [-0.25, -0.2) is 0 Å². The van der Waals surface area contributed by atoms with Gasteiger partial charge in [-0.15, -0.1) is 11.3 Å². The molecule has 1 unspecified atom stereocenters. The summed E-state index contributed by atoms with van der Waals surface area (Å²) in [5.74, 6) is -0.0486. The van der Waals surface area contributed by atoms with Gasteiger partial charge in [0, 0.05) is 34.6 Å². The lowest BCUT2D eigenvalue weighted by molar-refractivity contribution is 0.0941. The third kappa shape index (κ3) is 3.46. The Morgan fingerprint density at radius 2 is 2.04 bits per heavy atom. The predicted octanol–water partition coefficient (Wildman–Crippen LogP) is 3.98. The van der Waals surface area contributed by atoms with Crippen LogP contribution in [0, 0.1) is 20.8 Å². The minimum absolute atomic E-state index is 0.0485. The molecule has 0 aliphatic heterocycles. The molecule has 124 valence electrons. The van der Waals surface area contributed by atoms with Crippen LogP contribution < -0.4 is 5.32 Å². The minimum atomic E-state index is -0.0486. The van der Waals surface area contributed by atoms with Crippen molar-refractivity contribution in [3.8, 4) is 0 Å². The van der Waals surface area contributed by atoms with Crippen LogP contribution in [0.25, 0.3) is 10.9 Å². The standard InChI is InChI=1S/C19H21N3OS/c1-11-5-12(2)18-16(6-11)17(8-14(4)21-18)19(23)22-13(3)7-15-9-20-10-24-15/h5-6,8-10,13H,7H2,1-4H3,(H,22,23). The summed E-state index contributed by atoms with van der Waals surface area (Å²) in [5.41, 5.74) is 6.50. The minimum Gasteiger partial charge on any atom is -0.349 e. The fraction of sp³-hybridized carbons (Fsp3) is 0.316. The van der Waals surface area contributed by atoms with E-state index >= 15 is 0 Å². The molecule has 4 nitrogen and oxygen atoms in total. The van der Waals surface area contributed by atoms with E-state index in [1.165, 1.54) is 4.88 Å². The summed E-state index contributed by atoms with van der Waals surface area (Å²) >= 11 is 1.61. The van der Waals surface area contributed by atoms with Crippen molar-refractivity contribution in [2.24, 2.45) is 0 Å². The molecule has 0 aliphatic rings. The number of fused-ring (bicyclic) bond motifs is 1. The SMILES string of the molecule is Cc1cc(C)c2nc(C)cc(C(=O)NC(C)Cc3cncs3)c2c1. The molecule has 24 heavy (non-hydrogen) atoms. The zero-order valence-electron chi connectivity index (χ0n) is 14.4. The highest BCUT2D eigenvalue weighted by molar-refractivity contribution is 7.09. The van der Waals surface area contributed by atoms with E-state index in [2.05, 4.69) is 21.4 Å². The van der Waals surface area contributed by atoms with Crippen molar-refractivity contribution >= 4 is 28.1 Å². The van der Waals surface area contributed by atoms with Gasteiger partial charge in [0.05, 0.1) is 16.6 Å². The lowest BCUT2D eigenvalue weighted by Crippen LogP contribution is -2.34. The molecule has 1 amide bonds. The first-order valence-electron chi connectivity index (χ1n) is 8.01. The molecular weight excluding hydrogens is 318 g/mol. The second kappa shape index (κ2) is 6.69. The summed E-state index contributed by atoms with van der Waals surface area (Å²) in [6, 6.07) is 6.06. The average Bonchev–Trinajstić information content (AvgIpc) is 3.00. The molecular formula is C19H21N3OS. The Hall–Kier alpha value is -2.27. The Labute approximate surface area is 146 Å². The predicted molar refractivity (Wildman–Crippen MR) is 98.7 cm³/mol. The molecule has 0 saturated carbocycles. The first kappa shape index (κ1) is 16.6. The van der Waals surface area contributed by atoms with Gasteiger partial charge in [0.2, 0.25) is 0 Å². The van der Waals surface area contributed by atoms with Gasteiger partial charge >= 0.3 is 0 Å². The van der Waals surface area contributed by atoms with E-state index in [0.29, 0.717) is 5.56 Å². The smallest absolute Gasteiger partial charge is 0.252 e. The fourth-order valence-electron chi connectivity index (χ4n) is 2.99. The molecule has 0 aliphatic carbocycles. The first-order valence-corrected chi connectivity index (χ1v) is 8.89. The third-order valence-electron chi connectivity index (χ3n) is 3.99. The summed E-state index contributed by atoms with van der Waals surface area (Å²) in [6.07, 6.45) is 2.64. The zero-order chi connectivity index (χ0) is 17.3. The van der Waals surface area contributed by atoms with E-state index in [1.54, 1.807) is 11.3 Å². The van der Waals surface area contributed by atoms with E-state index in [1.807, 2.05) is 51.5 Å². The van der Waals surface area contributed by atoms with Crippen LogP contribution in [-0.2, 0) is 6.42 Å². The maximum atomic E-state index is 12.8. The van der Waals surface area contributed by atoms with Crippen molar-refractivity contribution in [1.29, 1.82) is 0 Å². The first-order chi connectivity index (χ1) is 11.4. The molecule has 1 N–H and O–H groups in total. The highest BCUT2D eigenvalue weighted by Crippen LogP contribution is 2.23. The van der Waals surface area contributed by atoms with E-state index in [-0.39, 0.29) is 11.9 Å². The Morgan fingerprint density at radius 1 is 1.25 bits per heavy atom. The van der Waals surface area contributed by atoms with Crippen molar-refractivity contribution in [2.75, 3.05) is 0 Å². The van der Waals surface area contributed by atoms with Gasteiger partial charge in [-0.2, -0.15) is 0 Å². The van der Waals surface area contributed by atoms with Crippen LogP contribution in [0.1, 0.15) is 39.0 Å². The summed E-state index contributed by atoms with van der Waals surface area (Å²) in [7, 11) is 0. The van der Waals surface area contributed by atoms with Crippen molar-refractivity contribution < 1.29 is 4.79 Å². The number of thiazole rings is 1. The van der Waals surface area contributed by atoms with Crippen molar-refractivity contribution in [2.45, 2.75) is 40.2 Å². The largest absolute Gasteiger partial charge is 0.349 e. The quantitative estimate of drug-likeness (QED) is 0.782. The number of aromatic nitrogens is 2. The molecule has 0 bridgehead atoms. The van der Waals surface area contributed by atoms with Crippen LogP contribution in [0.5, 0.6) is 0 Å². The van der Waals surface area contributed by atoms with Crippen LogP contribution >= 0.6 is 11.3 Å². The molecule has 0 saturated heterocycles. The summed E-state index contributed by atoms with van der Waals surface area (Å²) in [4.78, 5) is 22.7. The molecule has 3 aromatic rings. The highest BCUT2D eigenvalue weighted by atomic mass is 32.1. The number of aryl methyl sites for hydroxylation is 3. The molecule has 0 radical (unpaired) electrons. The number of benzene rings is 1. The topological polar surface area (TPSA) is 54.9 Å². The zero-order valence-corrected chi connectivity index (χ0v) is 15.2. The number of hydrogen-bond acceptors (Lipinski definition) is 4. The molecule has 2 heterocycles. The average molecular weight is 339 g/mol. The van der Waals surface area contributed by atoms with Gasteiger partial charge in [0.25, 0.3) is 5.91 Å². The van der Waals surface area contributed by atoms with Crippen LogP contribution in [0.3, 0.4) is 0 Å².